The average Bonchev–Trinajstić information content (AvgIpc) is 2.87. The van der Waals surface area contributed by atoms with Gasteiger partial charge in [-0.1, -0.05) is 31.9 Å². The largest absolute Gasteiger partial charge is 0.455 e. The number of nitrogens with zero attached hydrogens (tertiary/aromatic N) is 2. The van der Waals surface area contributed by atoms with Gasteiger partial charge in [0.2, 0.25) is 0 Å². The van der Waals surface area contributed by atoms with E-state index in [1.165, 1.54) is 12.1 Å². The Morgan fingerprint density at radius 3 is 1.85 bits per heavy atom. The lowest BCUT2D eigenvalue weighted by Gasteiger charge is -2.38. The fourth-order valence-corrected chi connectivity index (χ4v) is 3.07. The van der Waals surface area contributed by atoms with Crippen LogP contribution >= 0.6 is 0 Å². The highest BCUT2D eigenvalue weighted by Gasteiger charge is 2.87. The number of halogens is 12. The van der Waals surface area contributed by atoms with E-state index in [2.05, 4.69) is 14.7 Å². The highest BCUT2D eigenvalue weighted by atomic mass is 19.4. The molecule has 0 unspecified atom stereocenters. The Morgan fingerprint density at radius 1 is 0.821 bits per heavy atom. The molecule has 0 radical (unpaired) electrons. The standard InChI is InChI=1S/C23H20F12N2O2/c1-2-3-4-5-13-10-36-16(37-11-13)14-6-8-15(9-7-14)17(38)39-12-19(26,27)21(30,31)23(34,35)22(32,33)20(28,29)18(24)25/h6-11,18H,2-5,12H2,1H3. The minimum absolute atomic E-state index is 0.184. The maximum atomic E-state index is 13.8. The number of alkyl halides is 12. The molecule has 1 aromatic heterocycles. The van der Waals surface area contributed by atoms with Crippen LogP contribution in [0.3, 0.4) is 0 Å². The Balaban J connectivity index is 2.13. The lowest BCUT2D eigenvalue weighted by Crippen LogP contribution is -2.69. The van der Waals surface area contributed by atoms with Crippen LogP contribution in [0, 0.1) is 0 Å². The third-order valence-corrected chi connectivity index (χ3v) is 5.48. The number of aryl methyl sites for hydroxylation is 1. The van der Waals surface area contributed by atoms with Crippen molar-refractivity contribution in [2.24, 2.45) is 0 Å². The maximum absolute atomic E-state index is 13.8. The second kappa shape index (κ2) is 11.6. The summed E-state index contributed by atoms with van der Waals surface area (Å²) in [5, 5.41) is 0. The van der Waals surface area contributed by atoms with Gasteiger partial charge in [0.25, 0.3) is 0 Å². The van der Waals surface area contributed by atoms with Gasteiger partial charge in [0.15, 0.2) is 12.4 Å². The summed E-state index contributed by atoms with van der Waals surface area (Å²) in [6.45, 7) is -0.946. The van der Waals surface area contributed by atoms with Gasteiger partial charge in [0.05, 0.1) is 5.56 Å². The number of esters is 1. The normalized spacial score (nSPS) is 13.6. The van der Waals surface area contributed by atoms with Crippen LogP contribution in [0.25, 0.3) is 11.4 Å². The molecule has 0 aliphatic rings. The second-order valence-electron chi connectivity index (χ2n) is 8.38. The Kier molecular flexibility index (Phi) is 9.54. The number of carbonyl (C=O) groups is 1. The van der Waals surface area contributed by atoms with Gasteiger partial charge in [-0.2, -0.15) is 43.9 Å². The zero-order valence-electron chi connectivity index (χ0n) is 19.8. The molecule has 0 bridgehead atoms. The van der Waals surface area contributed by atoms with Gasteiger partial charge in [-0.05, 0) is 30.5 Å². The highest BCUT2D eigenvalue weighted by molar-refractivity contribution is 5.90. The van der Waals surface area contributed by atoms with Crippen molar-refractivity contribution >= 4 is 5.97 Å². The van der Waals surface area contributed by atoms with Crippen LogP contribution in [0.5, 0.6) is 0 Å². The topological polar surface area (TPSA) is 52.1 Å². The van der Waals surface area contributed by atoms with Crippen molar-refractivity contribution in [2.45, 2.75) is 68.6 Å². The molecule has 16 heteroatoms. The fraction of sp³-hybridized carbons (Fsp3) is 0.522. The van der Waals surface area contributed by atoms with Crippen LogP contribution in [0.4, 0.5) is 52.7 Å². The number of unbranched alkanes of at least 4 members (excludes halogenated alkanes) is 2. The number of aromatic nitrogens is 2. The third kappa shape index (κ3) is 6.24. The van der Waals surface area contributed by atoms with Gasteiger partial charge in [0.1, 0.15) is 0 Å². The quantitative estimate of drug-likeness (QED) is 0.139. The molecule has 0 saturated carbocycles. The molecule has 1 heterocycles. The Bertz CT molecular complexity index is 1110. The van der Waals surface area contributed by atoms with Crippen molar-refractivity contribution in [1.29, 1.82) is 0 Å². The van der Waals surface area contributed by atoms with Gasteiger partial charge in [-0.15, -0.1) is 0 Å². The predicted molar refractivity (Wildman–Crippen MR) is 112 cm³/mol. The van der Waals surface area contributed by atoms with E-state index in [-0.39, 0.29) is 5.82 Å². The molecule has 0 N–H and O–H groups in total. The van der Waals surface area contributed by atoms with E-state index in [9.17, 15) is 57.5 Å². The van der Waals surface area contributed by atoms with Crippen molar-refractivity contribution in [3.8, 4) is 11.4 Å². The molecule has 4 nitrogen and oxygen atoms in total. The summed E-state index contributed by atoms with van der Waals surface area (Å²) in [5.74, 6) is -37.8. The van der Waals surface area contributed by atoms with Gasteiger partial charge in [-0.25, -0.2) is 23.5 Å². The molecule has 0 amide bonds. The molecular formula is C23H20F12N2O2. The highest BCUT2D eigenvalue weighted by Crippen LogP contribution is 2.58. The molecule has 0 atom stereocenters. The zero-order valence-corrected chi connectivity index (χ0v) is 19.8. The van der Waals surface area contributed by atoms with Crippen LogP contribution in [0.15, 0.2) is 36.7 Å². The Morgan fingerprint density at radius 2 is 1.36 bits per heavy atom. The first kappa shape index (κ1) is 32.1. The lowest BCUT2D eigenvalue weighted by molar-refractivity contribution is -0.414. The Labute approximate surface area is 213 Å². The maximum Gasteiger partial charge on any atom is 0.384 e. The van der Waals surface area contributed by atoms with E-state index in [1.807, 2.05) is 6.92 Å². The van der Waals surface area contributed by atoms with Crippen molar-refractivity contribution in [1.82, 2.24) is 9.97 Å². The second-order valence-corrected chi connectivity index (χ2v) is 8.38. The first-order chi connectivity index (χ1) is 17.8. The number of hydrogen-bond acceptors (Lipinski definition) is 4. The molecule has 0 aliphatic heterocycles. The van der Waals surface area contributed by atoms with Crippen LogP contribution in [0.2, 0.25) is 0 Å². The molecule has 2 rings (SSSR count). The summed E-state index contributed by atoms with van der Waals surface area (Å²) >= 11 is 0. The van der Waals surface area contributed by atoms with E-state index in [0.717, 1.165) is 43.4 Å². The van der Waals surface area contributed by atoms with Crippen LogP contribution in [0.1, 0.15) is 42.1 Å². The molecule has 0 fully saturated rings. The first-order valence-corrected chi connectivity index (χ1v) is 11.1. The minimum atomic E-state index is -7.69. The van der Waals surface area contributed by atoms with Gasteiger partial charge < -0.3 is 4.74 Å². The van der Waals surface area contributed by atoms with E-state index in [4.69, 9.17) is 0 Å². The predicted octanol–water partition coefficient (Wildman–Crippen LogP) is 7.47. The van der Waals surface area contributed by atoms with E-state index in [0.29, 0.717) is 5.56 Å². The summed E-state index contributed by atoms with van der Waals surface area (Å²) < 4.78 is 162. The molecule has 2 aromatic rings. The summed E-state index contributed by atoms with van der Waals surface area (Å²) in [5.41, 5.74) is 0.576. The SMILES string of the molecule is CCCCCc1cnc(-c2ccc(C(=O)OCC(F)(F)C(F)(F)C(F)(F)C(F)(F)C(F)(F)C(F)F)cc2)nc1. The van der Waals surface area contributed by atoms with Crippen molar-refractivity contribution < 1.29 is 62.2 Å². The molecule has 1 aromatic carbocycles. The van der Waals surface area contributed by atoms with Crippen LogP contribution in [-0.4, -0.2) is 58.6 Å². The number of carbonyl (C=O) groups excluding carboxylic acids is 1. The van der Waals surface area contributed by atoms with Crippen molar-refractivity contribution in [2.75, 3.05) is 6.61 Å². The summed E-state index contributed by atoms with van der Waals surface area (Å²) in [4.78, 5) is 20.2. The van der Waals surface area contributed by atoms with E-state index in [1.54, 1.807) is 12.4 Å². The molecule has 0 spiro atoms. The zero-order chi connectivity index (χ0) is 29.9. The molecular weight excluding hydrogens is 564 g/mol. The average molecular weight is 584 g/mol. The smallest absolute Gasteiger partial charge is 0.384 e. The van der Waals surface area contributed by atoms with Gasteiger partial charge in [0, 0.05) is 18.0 Å². The van der Waals surface area contributed by atoms with Crippen molar-refractivity contribution in [3.05, 3.63) is 47.8 Å². The van der Waals surface area contributed by atoms with Crippen LogP contribution in [-0.2, 0) is 11.2 Å². The third-order valence-electron chi connectivity index (χ3n) is 5.48. The number of benzene rings is 1. The molecule has 0 aliphatic carbocycles. The minimum Gasteiger partial charge on any atom is -0.455 e. The van der Waals surface area contributed by atoms with Crippen molar-refractivity contribution in [3.63, 3.8) is 0 Å². The Hall–Kier alpha value is -3.07. The summed E-state index contributed by atoms with van der Waals surface area (Å²) in [7, 11) is 0. The number of rotatable bonds is 13. The number of hydrogen-bond donors (Lipinski definition) is 0. The van der Waals surface area contributed by atoms with E-state index >= 15 is 0 Å². The fourth-order valence-electron chi connectivity index (χ4n) is 3.07. The molecule has 218 valence electrons. The van der Waals surface area contributed by atoms with E-state index < -0.39 is 54.2 Å². The molecule has 0 saturated heterocycles. The molecule has 39 heavy (non-hydrogen) atoms. The number of ether oxygens (including phenoxy) is 1. The monoisotopic (exact) mass is 584 g/mol. The first-order valence-electron chi connectivity index (χ1n) is 11.1. The van der Waals surface area contributed by atoms with Crippen LogP contribution < -0.4 is 0 Å². The lowest BCUT2D eigenvalue weighted by atomic mass is 9.94. The summed E-state index contributed by atoms with van der Waals surface area (Å²) in [6.07, 6.45) is 1.18. The van der Waals surface area contributed by atoms with Gasteiger partial charge >= 0.3 is 42.0 Å². The summed E-state index contributed by atoms with van der Waals surface area (Å²) in [6, 6.07) is 4.24. The van der Waals surface area contributed by atoms with Gasteiger partial charge in [-0.3, -0.25) is 0 Å².